The molecule has 0 atom stereocenters. The summed E-state index contributed by atoms with van der Waals surface area (Å²) < 4.78 is 67.2. The molecule has 1 N–H and O–H groups in total. The van der Waals surface area contributed by atoms with Crippen LogP contribution in [0.2, 0.25) is 5.02 Å². The SMILES string of the molecule is Cc1ccc(S(=O)(=O)N(CC(=O)Nc2cc(C(F)(F)F)ccc2Cl)c2cccc(Br)c2)cc1. The lowest BCUT2D eigenvalue weighted by Crippen LogP contribution is -2.38. The van der Waals surface area contributed by atoms with Gasteiger partial charge in [-0.25, -0.2) is 8.42 Å². The van der Waals surface area contributed by atoms with Gasteiger partial charge in [-0.3, -0.25) is 9.10 Å². The van der Waals surface area contributed by atoms with Gasteiger partial charge < -0.3 is 5.32 Å². The van der Waals surface area contributed by atoms with E-state index in [-0.39, 0.29) is 21.3 Å². The lowest BCUT2D eigenvalue weighted by molar-refractivity contribution is -0.137. The van der Waals surface area contributed by atoms with Crippen molar-refractivity contribution in [2.75, 3.05) is 16.2 Å². The molecule has 0 heterocycles. The summed E-state index contributed by atoms with van der Waals surface area (Å²) in [6.07, 6.45) is -4.64. The molecular formula is C22H17BrClF3N2O3S. The van der Waals surface area contributed by atoms with Crippen molar-refractivity contribution < 1.29 is 26.4 Å². The zero-order valence-electron chi connectivity index (χ0n) is 17.0. The maximum absolute atomic E-state index is 13.4. The van der Waals surface area contributed by atoms with Crippen molar-refractivity contribution in [1.29, 1.82) is 0 Å². The Kier molecular flexibility index (Phi) is 7.40. The van der Waals surface area contributed by atoms with Crippen molar-refractivity contribution in [2.24, 2.45) is 0 Å². The topological polar surface area (TPSA) is 66.5 Å². The molecule has 0 saturated carbocycles. The van der Waals surface area contributed by atoms with Crippen LogP contribution in [-0.4, -0.2) is 20.9 Å². The van der Waals surface area contributed by atoms with Gasteiger partial charge in [0.15, 0.2) is 0 Å². The number of nitrogens with zero attached hydrogens (tertiary/aromatic N) is 1. The smallest absolute Gasteiger partial charge is 0.323 e. The van der Waals surface area contributed by atoms with Crippen LogP contribution in [0.5, 0.6) is 0 Å². The fraction of sp³-hybridized carbons (Fsp3) is 0.136. The Balaban J connectivity index is 1.96. The third-order valence-electron chi connectivity index (χ3n) is 4.56. The van der Waals surface area contributed by atoms with Crippen molar-refractivity contribution in [3.8, 4) is 0 Å². The molecule has 0 aliphatic heterocycles. The van der Waals surface area contributed by atoms with Gasteiger partial charge in [0.05, 0.1) is 26.9 Å². The number of carbonyl (C=O) groups is 1. The average molecular weight is 562 g/mol. The van der Waals surface area contributed by atoms with E-state index >= 15 is 0 Å². The summed E-state index contributed by atoms with van der Waals surface area (Å²) in [6, 6.07) is 14.8. The Morgan fingerprint density at radius 2 is 1.73 bits per heavy atom. The Morgan fingerprint density at radius 1 is 1.06 bits per heavy atom. The van der Waals surface area contributed by atoms with E-state index in [1.165, 1.54) is 24.3 Å². The van der Waals surface area contributed by atoms with Crippen LogP contribution in [0.3, 0.4) is 0 Å². The van der Waals surface area contributed by atoms with Crippen molar-refractivity contribution in [3.63, 3.8) is 0 Å². The largest absolute Gasteiger partial charge is 0.416 e. The second-order valence-corrected chi connectivity index (χ2v) is 10.2. The first-order valence-electron chi connectivity index (χ1n) is 9.39. The van der Waals surface area contributed by atoms with E-state index in [0.29, 0.717) is 10.5 Å². The number of nitrogens with one attached hydrogen (secondary N) is 1. The normalized spacial score (nSPS) is 11.8. The third kappa shape index (κ3) is 6.07. The first kappa shape index (κ1) is 25.1. The number of anilines is 2. The molecule has 174 valence electrons. The number of sulfonamides is 1. The molecule has 0 unspecified atom stereocenters. The van der Waals surface area contributed by atoms with E-state index in [4.69, 9.17) is 11.6 Å². The minimum Gasteiger partial charge on any atom is -0.323 e. The number of benzene rings is 3. The molecule has 0 saturated heterocycles. The van der Waals surface area contributed by atoms with Gasteiger partial charge >= 0.3 is 6.18 Å². The molecule has 11 heteroatoms. The molecule has 3 rings (SSSR count). The molecule has 0 aliphatic rings. The highest BCUT2D eigenvalue weighted by molar-refractivity contribution is 9.10. The molecule has 0 aliphatic carbocycles. The molecule has 0 fully saturated rings. The van der Waals surface area contributed by atoms with Crippen LogP contribution >= 0.6 is 27.5 Å². The van der Waals surface area contributed by atoms with Crippen LogP contribution in [0.25, 0.3) is 0 Å². The highest BCUT2D eigenvalue weighted by atomic mass is 79.9. The molecule has 1 amide bonds. The second kappa shape index (κ2) is 9.74. The fourth-order valence-corrected chi connectivity index (χ4v) is 4.87. The highest BCUT2D eigenvalue weighted by Crippen LogP contribution is 2.34. The first-order chi connectivity index (χ1) is 15.4. The fourth-order valence-electron chi connectivity index (χ4n) is 2.90. The van der Waals surface area contributed by atoms with Crippen molar-refractivity contribution >= 4 is 54.8 Å². The Morgan fingerprint density at radius 3 is 2.33 bits per heavy atom. The number of hydrogen-bond acceptors (Lipinski definition) is 3. The van der Waals surface area contributed by atoms with Gasteiger partial charge in [0.25, 0.3) is 10.0 Å². The molecular weight excluding hydrogens is 545 g/mol. The quantitative estimate of drug-likeness (QED) is 0.386. The predicted octanol–water partition coefficient (Wildman–Crippen LogP) is 6.26. The first-order valence-corrected chi connectivity index (χ1v) is 12.0. The molecule has 0 radical (unpaired) electrons. The molecule has 5 nitrogen and oxygen atoms in total. The average Bonchev–Trinajstić information content (AvgIpc) is 2.73. The summed E-state index contributed by atoms with van der Waals surface area (Å²) in [5, 5.41) is 2.16. The second-order valence-electron chi connectivity index (χ2n) is 7.05. The monoisotopic (exact) mass is 560 g/mol. The molecule has 0 aromatic heterocycles. The number of carbonyl (C=O) groups excluding carboxylic acids is 1. The number of aryl methyl sites for hydroxylation is 1. The number of hydrogen-bond donors (Lipinski definition) is 1. The van der Waals surface area contributed by atoms with E-state index in [2.05, 4.69) is 21.2 Å². The minimum atomic E-state index is -4.64. The van der Waals surface area contributed by atoms with Gasteiger partial charge in [0, 0.05) is 4.47 Å². The van der Waals surface area contributed by atoms with E-state index in [1.54, 1.807) is 31.2 Å². The van der Waals surface area contributed by atoms with E-state index < -0.39 is 34.2 Å². The van der Waals surface area contributed by atoms with Crippen LogP contribution in [0.4, 0.5) is 24.5 Å². The van der Waals surface area contributed by atoms with Gasteiger partial charge in [-0.15, -0.1) is 0 Å². The molecule has 33 heavy (non-hydrogen) atoms. The predicted molar refractivity (Wildman–Crippen MR) is 125 cm³/mol. The number of amides is 1. The van der Waals surface area contributed by atoms with Crippen LogP contribution in [0, 0.1) is 6.92 Å². The Labute approximate surface area is 202 Å². The van der Waals surface area contributed by atoms with Crippen molar-refractivity contribution in [1.82, 2.24) is 0 Å². The summed E-state index contributed by atoms with van der Waals surface area (Å²) in [6.45, 7) is 1.11. The summed E-state index contributed by atoms with van der Waals surface area (Å²) >= 11 is 9.22. The van der Waals surface area contributed by atoms with E-state index in [0.717, 1.165) is 22.0 Å². The van der Waals surface area contributed by atoms with Gasteiger partial charge in [0.2, 0.25) is 5.91 Å². The van der Waals surface area contributed by atoms with Gasteiger partial charge in [0.1, 0.15) is 6.54 Å². The standard InChI is InChI=1S/C22H17BrClF3N2O3S/c1-14-5-8-18(9-6-14)33(31,32)29(17-4-2-3-16(23)12-17)13-21(30)28-20-11-15(22(25,26)27)7-10-19(20)24/h2-12H,13H2,1H3,(H,28,30). The minimum absolute atomic E-state index is 0.0435. The lowest BCUT2D eigenvalue weighted by atomic mass is 10.2. The number of alkyl halides is 3. The number of halogens is 5. The number of rotatable bonds is 6. The van der Waals surface area contributed by atoms with Crippen molar-refractivity contribution in [2.45, 2.75) is 18.0 Å². The summed E-state index contributed by atoms with van der Waals surface area (Å²) in [5.41, 5.74) is -0.244. The highest BCUT2D eigenvalue weighted by Gasteiger charge is 2.32. The van der Waals surface area contributed by atoms with Gasteiger partial charge in [-0.1, -0.05) is 51.3 Å². The van der Waals surface area contributed by atoms with Crippen LogP contribution in [0.15, 0.2) is 76.1 Å². The maximum Gasteiger partial charge on any atom is 0.416 e. The zero-order chi connectivity index (χ0) is 24.4. The van der Waals surface area contributed by atoms with Crippen LogP contribution < -0.4 is 9.62 Å². The molecule has 3 aromatic carbocycles. The van der Waals surface area contributed by atoms with Gasteiger partial charge in [-0.05, 0) is 55.5 Å². The molecule has 3 aromatic rings. The van der Waals surface area contributed by atoms with E-state index in [1.807, 2.05) is 0 Å². The third-order valence-corrected chi connectivity index (χ3v) is 7.17. The van der Waals surface area contributed by atoms with Gasteiger partial charge in [-0.2, -0.15) is 13.2 Å². The van der Waals surface area contributed by atoms with Crippen molar-refractivity contribution in [3.05, 3.63) is 87.4 Å². The summed E-state index contributed by atoms with van der Waals surface area (Å²) in [5.74, 6) is -0.869. The van der Waals surface area contributed by atoms with Crippen LogP contribution in [0.1, 0.15) is 11.1 Å². The van der Waals surface area contributed by atoms with E-state index in [9.17, 15) is 26.4 Å². The molecule has 0 spiro atoms. The Bertz CT molecular complexity index is 1280. The summed E-state index contributed by atoms with van der Waals surface area (Å²) in [7, 11) is -4.18. The maximum atomic E-state index is 13.4. The summed E-state index contributed by atoms with van der Waals surface area (Å²) in [4.78, 5) is 12.7. The molecule has 0 bridgehead atoms. The van der Waals surface area contributed by atoms with Crippen LogP contribution in [-0.2, 0) is 21.0 Å². The Hall–Kier alpha value is -2.56. The zero-order valence-corrected chi connectivity index (χ0v) is 20.2. The lowest BCUT2D eigenvalue weighted by Gasteiger charge is -2.24.